The van der Waals surface area contributed by atoms with Crippen molar-refractivity contribution in [3.63, 3.8) is 0 Å². The van der Waals surface area contributed by atoms with Gasteiger partial charge in [-0.1, -0.05) is 84.6 Å². The molecule has 0 N–H and O–H groups in total. The summed E-state index contributed by atoms with van der Waals surface area (Å²) in [6.45, 7) is 3.82. The Labute approximate surface area is 175 Å². The smallest absolute Gasteiger partial charge is 0.0402 e. The minimum atomic E-state index is 1.12. The standard InChI is InChI=1S/C30H18/c1-3-9-19-21-11-5-7-13-23(21)27-18-16-26-20(10-4-2)22-12-6-8-14-24(22)28-17-15-25(19)29(27)30(26)28/h5-8,11-18H,1-2H3. The van der Waals surface area contributed by atoms with Crippen LogP contribution < -0.4 is 0 Å². The molecule has 0 aliphatic carbocycles. The van der Waals surface area contributed by atoms with Crippen molar-refractivity contribution in [2.24, 2.45) is 0 Å². The average Bonchev–Trinajstić information content (AvgIpc) is 2.80. The molecule has 0 fully saturated rings. The molecule has 0 saturated carbocycles. The molecule has 0 aliphatic rings. The molecular formula is C30H18. The maximum Gasteiger partial charge on any atom is 0.0402 e. The molecule has 138 valence electrons. The summed E-state index contributed by atoms with van der Waals surface area (Å²) in [7, 11) is 0. The third-order valence-corrected chi connectivity index (χ3v) is 6.17. The van der Waals surface area contributed by atoms with E-state index in [9.17, 15) is 0 Å². The topological polar surface area (TPSA) is 0 Å². The highest BCUT2D eigenvalue weighted by Crippen LogP contribution is 2.44. The highest BCUT2D eigenvalue weighted by atomic mass is 14.2. The van der Waals surface area contributed by atoms with Crippen molar-refractivity contribution in [2.75, 3.05) is 0 Å². The predicted octanol–water partition coefficient (Wildman–Crippen LogP) is 7.63. The van der Waals surface area contributed by atoms with Crippen LogP contribution in [0.25, 0.3) is 53.9 Å². The molecule has 0 heteroatoms. The van der Waals surface area contributed by atoms with Gasteiger partial charge in [-0.15, -0.1) is 11.8 Å². The summed E-state index contributed by atoms with van der Waals surface area (Å²) >= 11 is 0. The molecule has 6 aromatic rings. The maximum atomic E-state index is 3.40. The van der Waals surface area contributed by atoms with Gasteiger partial charge < -0.3 is 0 Å². The molecular weight excluding hydrogens is 360 g/mol. The molecule has 0 radical (unpaired) electrons. The van der Waals surface area contributed by atoms with Crippen LogP contribution in [-0.2, 0) is 0 Å². The first-order valence-corrected chi connectivity index (χ1v) is 10.2. The molecule has 0 atom stereocenters. The first kappa shape index (κ1) is 16.9. The zero-order valence-corrected chi connectivity index (χ0v) is 16.9. The first-order valence-electron chi connectivity index (χ1n) is 10.2. The van der Waals surface area contributed by atoms with Crippen LogP contribution in [0.15, 0.2) is 72.8 Å². The van der Waals surface area contributed by atoms with E-state index in [-0.39, 0.29) is 0 Å². The van der Waals surface area contributed by atoms with Gasteiger partial charge in [0, 0.05) is 11.1 Å². The summed E-state index contributed by atoms with van der Waals surface area (Å²) < 4.78 is 0. The second kappa shape index (κ2) is 6.25. The van der Waals surface area contributed by atoms with E-state index >= 15 is 0 Å². The van der Waals surface area contributed by atoms with Crippen LogP contribution in [0.3, 0.4) is 0 Å². The molecule has 0 heterocycles. The molecule has 0 amide bonds. The largest absolute Gasteiger partial charge is 0.101 e. The minimum Gasteiger partial charge on any atom is -0.101 e. The summed E-state index contributed by atoms with van der Waals surface area (Å²) in [5.74, 6) is 13.1. The Balaban J connectivity index is 2.02. The van der Waals surface area contributed by atoms with Crippen molar-refractivity contribution in [3.05, 3.63) is 83.9 Å². The van der Waals surface area contributed by atoms with Gasteiger partial charge in [-0.05, 0) is 67.7 Å². The van der Waals surface area contributed by atoms with Gasteiger partial charge in [0.05, 0.1) is 0 Å². The number of hydrogen-bond donors (Lipinski definition) is 0. The van der Waals surface area contributed by atoms with Gasteiger partial charge >= 0.3 is 0 Å². The molecule has 6 aromatic carbocycles. The van der Waals surface area contributed by atoms with Gasteiger partial charge in [0.2, 0.25) is 0 Å². The van der Waals surface area contributed by atoms with Crippen molar-refractivity contribution in [3.8, 4) is 23.7 Å². The van der Waals surface area contributed by atoms with Crippen molar-refractivity contribution < 1.29 is 0 Å². The fraction of sp³-hybridized carbons (Fsp3) is 0.0667. The van der Waals surface area contributed by atoms with Gasteiger partial charge in [-0.3, -0.25) is 0 Å². The Bertz CT molecular complexity index is 1630. The monoisotopic (exact) mass is 378 g/mol. The van der Waals surface area contributed by atoms with Crippen LogP contribution in [0.2, 0.25) is 0 Å². The Morgan fingerprint density at radius 1 is 0.400 bits per heavy atom. The van der Waals surface area contributed by atoms with Gasteiger partial charge in [0.15, 0.2) is 0 Å². The summed E-state index contributed by atoms with van der Waals surface area (Å²) in [6.07, 6.45) is 0. The van der Waals surface area contributed by atoms with E-state index in [2.05, 4.69) is 96.5 Å². The summed E-state index contributed by atoms with van der Waals surface area (Å²) in [5, 5.41) is 12.6. The second-order valence-corrected chi connectivity index (χ2v) is 7.66. The lowest BCUT2D eigenvalue weighted by Gasteiger charge is -2.18. The molecule has 0 saturated heterocycles. The Hall–Kier alpha value is -4.00. The molecule has 6 rings (SSSR count). The first-order chi connectivity index (χ1) is 14.8. The third kappa shape index (κ3) is 2.09. The molecule has 0 nitrogen and oxygen atoms in total. The molecule has 0 unspecified atom stereocenters. The van der Waals surface area contributed by atoms with Crippen molar-refractivity contribution in [1.29, 1.82) is 0 Å². The normalized spacial score (nSPS) is 11.1. The number of hydrogen-bond acceptors (Lipinski definition) is 0. The van der Waals surface area contributed by atoms with Crippen LogP contribution in [0, 0.1) is 23.7 Å². The van der Waals surface area contributed by atoms with Gasteiger partial charge in [0.25, 0.3) is 0 Å². The Morgan fingerprint density at radius 3 is 1.17 bits per heavy atom. The fourth-order valence-corrected chi connectivity index (χ4v) is 5.04. The molecule has 0 spiro atoms. The lowest BCUT2D eigenvalue weighted by atomic mass is 9.84. The molecule has 0 bridgehead atoms. The van der Waals surface area contributed by atoms with Crippen molar-refractivity contribution in [1.82, 2.24) is 0 Å². The summed E-state index contributed by atoms with van der Waals surface area (Å²) in [5.41, 5.74) is 2.23. The maximum absolute atomic E-state index is 3.40. The van der Waals surface area contributed by atoms with Gasteiger partial charge in [0.1, 0.15) is 0 Å². The Kier molecular flexibility index (Phi) is 3.52. The van der Waals surface area contributed by atoms with Gasteiger partial charge in [-0.25, -0.2) is 0 Å². The summed E-state index contributed by atoms with van der Waals surface area (Å²) in [6, 6.07) is 26.3. The highest BCUT2D eigenvalue weighted by Gasteiger charge is 2.18. The SMILES string of the molecule is CC#Cc1c2ccccc2c2ccc3c(C#CC)c4ccccc4c4ccc1c2c34. The van der Waals surface area contributed by atoms with E-state index in [0.717, 1.165) is 11.1 Å². The van der Waals surface area contributed by atoms with Crippen LogP contribution in [0.4, 0.5) is 0 Å². The van der Waals surface area contributed by atoms with Crippen LogP contribution >= 0.6 is 0 Å². The lowest BCUT2D eigenvalue weighted by Crippen LogP contribution is -1.93. The lowest BCUT2D eigenvalue weighted by molar-refractivity contribution is 1.74. The van der Waals surface area contributed by atoms with Crippen molar-refractivity contribution in [2.45, 2.75) is 13.8 Å². The van der Waals surface area contributed by atoms with E-state index in [1.807, 2.05) is 13.8 Å². The summed E-state index contributed by atoms with van der Waals surface area (Å²) in [4.78, 5) is 0. The van der Waals surface area contributed by atoms with Crippen LogP contribution in [-0.4, -0.2) is 0 Å². The minimum absolute atomic E-state index is 1.12. The Morgan fingerprint density at radius 2 is 0.767 bits per heavy atom. The quantitative estimate of drug-likeness (QED) is 0.145. The average molecular weight is 378 g/mol. The number of benzene rings is 6. The highest BCUT2D eigenvalue weighted by molar-refractivity contribution is 6.35. The van der Waals surface area contributed by atoms with E-state index in [0.29, 0.717) is 0 Å². The van der Waals surface area contributed by atoms with Gasteiger partial charge in [-0.2, -0.15) is 0 Å². The number of fused-ring (bicyclic) bond motifs is 4. The molecule has 0 aliphatic heterocycles. The van der Waals surface area contributed by atoms with E-state index in [1.165, 1.54) is 53.9 Å². The number of rotatable bonds is 0. The zero-order chi connectivity index (χ0) is 20.2. The van der Waals surface area contributed by atoms with E-state index in [4.69, 9.17) is 0 Å². The molecule has 30 heavy (non-hydrogen) atoms. The zero-order valence-electron chi connectivity index (χ0n) is 16.9. The third-order valence-electron chi connectivity index (χ3n) is 6.17. The van der Waals surface area contributed by atoms with E-state index < -0.39 is 0 Å². The van der Waals surface area contributed by atoms with Crippen LogP contribution in [0.5, 0.6) is 0 Å². The second-order valence-electron chi connectivity index (χ2n) is 7.66. The molecule has 0 aromatic heterocycles. The van der Waals surface area contributed by atoms with E-state index in [1.54, 1.807) is 0 Å². The van der Waals surface area contributed by atoms with Crippen LogP contribution in [0.1, 0.15) is 25.0 Å². The fourth-order valence-electron chi connectivity index (χ4n) is 5.04. The van der Waals surface area contributed by atoms with Crippen molar-refractivity contribution >= 4 is 53.9 Å². The predicted molar refractivity (Wildman–Crippen MR) is 130 cm³/mol.